The van der Waals surface area contributed by atoms with Crippen LogP contribution in [0.4, 0.5) is 5.13 Å². The second-order valence-electron chi connectivity index (χ2n) is 7.38. The molecule has 25 heavy (non-hydrogen) atoms. The van der Waals surface area contributed by atoms with Gasteiger partial charge in [-0.2, -0.15) is 0 Å². The van der Waals surface area contributed by atoms with Crippen LogP contribution in [0.5, 0.6) is 0 Å². The van der Waals surface area contributed by atoms with Gasteiger partial charge in [-0.15, -0.1) is 11.3 Å². The van der Waals surface area contributed by atoms with Crippen LogP contribution < -0.4 is 17.7 Å². The number of thiazole rings is 1. The molecular formula is C19H36ClN3OS. The lowest BCUT2D eigenvalue weighted by molar-refractivity contribution is -0.882. The summed E-state index contributed by atoms with van der Waals surface area (Å²) in [5.41, 5.74) is 0. The van der Waals surface area contributed by atoms with E-state index in [9.17, 15) is 4.79 Å². The van der Waals surface area contributed by atoms with E-state index in [-0.39, 0.29) is 18.3 Å². The van der Waals surface area contributed by atoms with Crippen LogP contribution in [-0.4, -0.2) is 42.6 Å². The molecule has 1 aromatic rings. The van der Waals surface area contributed by atoms with Gasteiger partial charge in [-0.3, -0.25) is 10.1 Å². The molecule has 0 radical (unpaired) electrons. The molecule has 0 atom stereocenters. The van der Waals surface area contributed by atoms with E-state index in [4.69, 9.17) is 0 Å². The molecule has 0 saturated carbocycles. The number of hydrogen-bond acceptors (Lipinski definition) is 3. The predicted octanol–water partition coefficient (Wildman–Crippen LogP) is 2.08. The van der Waals surface area contributed by atoms with E-state index in [1.165, 1.54) is 75.5 Å². The molecular weight excluding hydrogens is 354 g/mol. The first-order valence-corrected chi connectivity index (χ1v) is 10.4. The minimum Gasteiger partial charge on any atom is -1.00 e. The van der Waals surface area contributed by atoms with Crippen LogP contribution >= 0.6 is 11.3 Å². The van der Waals surface area contributed by atoms with Crippen molar-refractivity contribution >= 4 is 22.4 Å². The summed E-state index contributed by atoms with van der Waals surface area (Å²) in [6.45, 7) is 3.83. The van der Waals surface area contributed by atoms with Crippen LogP contribution in [0, 0.1) is 0 Å². The highest BCUT2D eigenvalue weighted by Gasteiger charge is 2.20. The lowest BCUT2D eigenvalue weighted by Crippen LogP contribution is -3.00. The molecule has 146 valence electrons. The quantitative estimate of drug-likeness (QED) is 0.391. The number of hydrogen-bond donors (Lipinski definition) is 1. The topological polar surface area (TPSA) is 42.0 Å². The molecule has 4 nitrogen and oxygen atoms in total. The third kappa shape index (κ3) is 13.2. The Hall–Kier alpha value is -0.650. The molecule has 0 aliphatic carbocycles. The standard InChI is InChI=1S/C19H35N3OS.ClH/c1-4-5-6-7-8-9-10-11-12-13-15-22(2,3)17-18(23)21-19-20-14-16-24-19;/h14,16H,4-13,15,17H2,1-3H3;1H. The summed E-state index contributed by atoms with van der Waals surface area (Å²) in [5.74, 6) is 0.0574. The molecule has 6 heteroatoms. The first-order valence-electron chi connectivity index (χ1n) is 9.55. The number of likely N-dealkylation sites (N-methyl/N-ethyl adjacent to an activating group) is 1. The van der Waals surface area contributed by atoms with E-state index >= 15 is 0 Å². The Balaban J connectivity index is 0.00000576. The van der Waals surface area contributed by atoms with E-state index in [1.807, 2.05) is 5.38 Å². The number of quaternary nitrogens is 1. The molecule has 0 fully saturated rings. The van der Waals surface area contributed by atoms with Crippen LogP contribution in [0.1, 0.15) is 71.1 Å². The lowest BCUT2D eigenvalue weighted by atomic mass is 10.1. The van der Waals surface area contributed by atoms with Crippen molar-refractivity contribution in [2.45, 2.75) is 71.1 Å². The largest absolute Gasteiger partial charge is 1.00 e. The number of rotatable bonds is 14. The van der Waals surface area contributed by atoms with Crippen molar-refractivity contribution < 1.29 is 21.7 Å². The Labute approximate surface area is 164 Å². The molecule has 0 unspecified atom stereocenters. The molecule has 0 aliphatic rings. The summed E-state index contributed by atoms with van der Waals surface area (Å²) in [5, 5.41) is 5.44. The minimum absolute atomic E-state index is 0. The number of anilines is 1. The zero-order valence-electron chi connectivity index (χ0n) is 16.2. The van der Waals surface area contributed by atoms with Gasteiger partial charge in [0.1, 0.15) is 0 Å². The second kappa shape index (κ2) is 14.5. The molecule has 0 aliphatic heterocycles. The van der Waals surface area contributed by atoms with Gasteiger partial charge < -0.3 is 16.9 Å². The van der Waals surface area contributed by atoms with Gasteiger partial charge in [0.2, 0.25) is 0 Å². The fraction of sp³-hybridized carbons (Fsp3) is 0.789. The van der Waals surface area contributed by atoms with Crippen LogP contribution in [0.25, 0.3) is 0 Å². The summed E-state index contributed by atoms with van der Waals surface area (Å²) < 4.78 is 0.744. The van der Waals surface area contributed by atoms with Gasteiger partial charge in [0.15, 0.2) is 11.7 Å². The highest BCUT2D eigenvalue weighted by molar-refractivity contribution is 7.13. The Morgan fingerprint density at radius 2 is 1.60 bits per heavy atom. The molecule has 0 bridgehead atoms. The highest BCUT2D eigenvalue weighted by Crippen LogP contribution is 2.13. The molecule has 0 spiro atoms. The monoisotopic (exact) mass is 389 g/mol. The number of amides is 1. The van der Waals surface area contributed by atoms with Gasteiger partial charge >= 0.3 is 0 Å². The molecule has 1 amide bonds. The van der Waals surface area contributed by atoms with Crippen LogP contribution in [-0.2, 0) is 4.79 Å². The zero-order chi connectivity index (χ0) is 17.7. The van der Waals surface area contributed by atoms with Gasteiger partial charge in [0.25, 0.3) is 5.91 Å². The van der Waals surface area contributed by atoms with Crippen molar-refractivity contribution in [2.75, 3.05) is 32.5 Å². The first kappa shape index (κ1) is 24.4. The molecule has 0 aromatic carbocycles. The van der Waals surface area contributed by atoms with E-state index in [0.717, 1.165) is 11.0 Å². The Kier molecular flexibility index (Phi) is 14.1. The number of carbonyl (C=O) groups is 1. The number of halogens is 1. The normalized spacial score (nSPS) is 11.2. The second-order valence-corrected chi connectivity index (χ2v) is 8.28. The molecule has 1 N–H and O–H groups in total. The fourth-order valence-electron chi connectivity index (χ4n) is 2.94. The molecule has 1 heterocycles. The Bertz CT molecular complexity index is 438. The maximum atomic E-state index is 12.0. The smallest absolute Gasteiger partial charge is 0.281 e. The lowest BCUT2D eigenvalue weighted by Gasteiger charge is -2.28. The first-order chi connectivity index (χ1) is 11.5. The van der Waals surface area contributed by atoms with E-state index in [0.29, 0.717) is 11.7 Å². The average Bonchev–Trinajstić information content (AvgIpc) is 3.01. The van der Waals surface area contributed by atoms with Crippen LogP contribution in [0.3, 0.4) is 0 Å². The number of aromatic nitrogens is 1. The van der Waals surface area contributed by atoms with Gasteiger partial charge in [-0.05, 0) is 12.8 Å². The number of carbonyl (C=O) groups excluding carboxylic acids is 1. The van der Waals surface area contributed by atoms with Crippen LogP contribution in [0.15, 0.2) is 11.6 Å². The Morgan fingerprint density at radius 3 is 2.12 bits per heavy atom. The maximum Gasteiger partial charge on any atom is 0.281 e. The van der Waals surface area contributed by atoms with Gasteiger partial charge in [-0.25, -0.2) is 4.98 Å². The number of nitrogens with one attached hydrogen (secondary N) is 1. The van der Waals surface area contributed by atoms with Crippen molar-refractivity contribution in [1.29, 1.82) is 0 Å². The highest BCUT2D eigenvalue weighted by atomic mass is 35.5. The minimum atomic E-state index is 0. The van der Waals surface area contributed by atoms with E-state index in [1.54, 1.807) is 6.20 Å². The van der Waals surface area contributed by atoms with E-state index in [2.05, 4.69) is 31.3 Å². The van der Waals surface area contributed by atoms with Crippen molar-refractivity contribution in [3.05, 3.63) is 11.6 Å². The van der Waals surface area contributed by atoms with Crippen molar-refractivity contribution in [3.63, 3.8) is 0 Å². The molecule has 1 rings (SSSR count). The zero-order valence-corrected chi connectivity index (χ0v) is 17.8. The van der Waals surface area contributed by atoms with Crippen molar-refractivity contribution in [1.82, 2.24) is 4.98 Å². The van der Waals surface area contributed by atoms with Gasteiger partial charge in [0.05, 0.1) is 20.6 Å². The summed E-state index contributed by atoms with van der Waals surface area (Å²) in [6, 6.07) is 0. The molecule has 1 aromatic heterocycles. The third-order valence-corrected chi connectivity index (χ3v) is 5.06. The summed E-state index contributed by atoms with van der Waals surface area (Å²) in [4.78, 5) is 16.1. The fourth-order valence-corrected chi connectivity index (χ4v) is 3.48. The summed E-state index contributed by atoms with van der Waals surface area (Å²) >= 11 is 1.46. The van der Waals surface area contributed by atoms with Gasteiger partial charge in [-0.1, -0.05) is 58.3 Å². The Morgan fingerprint density at radius 1 is 1.04 bits per heavy atom. The molecule has 0 saturated heterocycles. The number of nitrogens with zero attached hydrogens (tertiary/aromatic N) is 2. The predicted molar refractivity (Wildman–Crippen MR) is 104 cm³/mol. The van der Waals surface area contributed by atoms with Crippen LogP contribution in [0.2, 0.25) is 0 Å². The van der Waals surface area contributed by atoms with E-state index < -0.39 is 0 Å². The van der Waals surface area contributed by atoms with Crippen molar-refractivity contribution in [2.24, 2.45) is 0 Å². The number of unbranched alkanes of at least 4 members (excludes halogenated alkanes) is 9. The third-order valence-electron chi connectivity index (χ3n) is 4.37. The SMILES string of the molecule is CCCCCCCCCCCC[N+](C)(C)CC(=O)Nc1nccs1.[Cl-]. The van der Waals surface area contributed by atoms with Gasteiger partial charge in [0, 0.05) is 11.6 Å². The summed E-state index contributed by atoms with van der Waals surface area (Å²) in [7, 11) is 4.27. The van der Waals surface area contributed by atoms with Crippen molar-refractivity contribution in [3.8, 4) is 0 Å². The summed E-state index contributed by atoms with van der Waals surface area (Å²) in [6.07, 6.45) is 15.2. The average molecular weight is 390 g/mol. The maximum absolute atomic E-state index is 12.0.